The zero-order valence-corrected chi connectivity index (χ0v) is 18.7. The zero-order valence-electron chi connectivity index (χ0n) is 16.9. The standard InChI is InChI=1S/C15H21N3O12P2/c1-6(19)16-7-4-5-18(14(21)17-7)12-11-10(29-15(2,3)30-11)9(28-12)8(20)13(31(22,23)24)32(25,26)27/h4-5,9-13,22-24H,1-3H3,(H2-,16,17,19,21,25,26,27)/p+1/t9-,10-,11-,12-,13?/m1/s1. The molecule has 3 rings (SSSR count). The van der Waals surface area contributed by atoms with E-state index in [0.717, 1.165) is 4.57 Å². The molecule has 5 atom stereocenters. The third kappa shape index (κ3) is 4.97. The number of hydrogen-bond acceptors (Lipinski definition) is 11. The summed E-state index contributed by atoms with van der Waals surface area (Å²) in [6.07, 6.45) is -4.48. The number of nitrogens with zero attached hydrogens (tertiary/aromatic N) is 2. The van der Waals surface area contributed by atoms with E-state index < -0.39 is 68.6 Å². The molecule has 2 aliphatic rings. The average molecular weight is 498 g/mol. The Labute approximate surface area is 180 Å². The lowest BCUT2D eigenvalue weighted by Crippen LogP contribution is -2.42. The van der Waals surface area contributed by atoms with Crippen molar-refractivity contribution in [3.05, 3.63) is 22.7 Å². The summed E-state index contributed by atoms with van der Waals surface area (Å²) in [6.45, 7) is 4.17. The molecule has 1 amide bonds. The quantitative estimate of drug-likeness (QED) is 0.244. The molecule has 15 nitrogen and oxygen atoms in total. The fourth-order valence-corrected chi connectivity index (χ4v) is 6.15. The molecular formula is C15H22N3O12P2+. The predicted molar refractivity (Wildman–Crippen MR) is 105 cm³/mol. The van der Waals surface area contributed by atoms with Crippen LogP contribution < -0.4 is 11.0 Å². The van der Waals surface area contributed by atoms with Crippen molar-refractivity contribution in [2.45, 2.75) is 56.5 Å². The smallest absolute Gasteiger partial charge is 0.341 e. The molecule has 0 bridgehead atoms. The first-order valence-electron chi connectivity index (χ1n) is 9.05. The molecule has 0 aliphatic carbocycles. The van der Waals surface area contributed by atoms with Crippen molar-refractivity contribution in [1.29, 1.82) is 0 Å². The van der Waals surface area contributed by atoms with Gasteiger partial charge in [-0.3, -0.25) is 18.7 Å². The molecule has 6 N–H and O–H groups in total. The van der Waals surface area contributed by atoms with Crippen LogP contribution in [0.4, 0.5) is 5.82 Å². The van der Waals surface area contributed by atoms with E-state index in [4.69, 9.17) is 14.2 Å². The van der Waals surface area contributed by atoms with Gasteiger partial charge in [-0.2, -0.15) is 19.7 Å². The van der Waals surface area contributed by atoms with Gasteiger partial charge in [0.05, 0.1) is 0 Å². The highest BCUT2D eigenvalue weighted by atomic mass is 31.3. The van der Waals surface area contributed by atoms with E-state index in [2.05, 4.69) is 10.3 Å². The molecule has 3 heterocycles. The van der Waals surface area contributed by atoms with Crippen molar-refractivity contribution in [3.63, 3.8) is 0 Å². The van der Waals surface area contributed by atoms with Gasteiger partial charge in [-0.15, -0.1) is 0 Å². The minimum absolute atomic E-state index is 0.0539. The van der Waals surface area contributed by atoms with Gasteiger partial charge in [0.15, 0.2) is 18.1 Å². The number of ketones is 1. The second-order valence-electron chi connectivity index (χ2n) is 7.68. The van der Waals surface area contributed by atoms with Crippen molar-refractivity contribution in [1.82, 2.24) is 9.55 Å². The first-order valence-corrected chi connectivity index (χ1v) is 12.4. The van der Waals surface area contributed by atoms with E-state index in [1.807, 2.05) is 0 Å². The molecule has 2 fully saturated rings. The molecule has 17 heteroatoms. The van der Waals surface area contributed by atoms with Gasteiger partial charge in [-0.1, -0.05) is 0 Å². The summed E-state index contributed by atoms with van der Waals surface area (Å²) in [5, 5.41) is -0.554. The predicted octanol–water partition coefficient (Wildman–Crippen LogP) is -1.57. The Hall–Kier alpha value is -1.64. The van der Waals surface area contributed by atoms with E-state index in [9.17, 15) is 43.4 Å². The number of ether oxygens (including phenoxy) is 3. The summed E-state index contributed by atoms with van der Waals surface area (Å²) in [7, 11) is -10.9. The number of Topliss-reactive ketones (excluding diaryl/α,β-unsaturated/α-hetero) is 1. The summed E-state index contributed by atoms with van der Waals surface area (Å²) in [4.78, 5) is 87.5. The van der Waals surface area contributed by atoms with E-state index in [1.165, 1.54) is 33.0 Å². The van der Waals surface area contributed by atoms with Crippen LogP contribution in [0.3, 0.4) is 0 Å². The fraction of sp³-hybridized carbons (Fsp3) is 0.600. The van der Waals surface area contributed by atoms with E-state index >= 15 is 0 Å². The monoisotopic (exact) mass is 498 g/mol. The molecule has 2 aliphatic heterocycles. The van der Waals surface area contributed by atoms with Crippen LogP contribution in [0.1, 0.15) is 27.0 Å². The lowest BCUT2D eigenvalue weighted by atomic mass is 10.1. The van der Waals surface area contributed by atoms with Gasteiger partial charge in [0, 0.05) is 13.1 Å². The maximum absolute atomic E-state index is 12.9. The number of nitrogens with one attached hydrogen (secondary N) is 1. The first kappa shape index (κ1) is 25.0. The maximum Gasteiger partial charge on any atom is 0.427 e. The highest BCUT2D eigenvalue weighted by molar-refractivity contribution is 7.76. The first-order chi connectivity index (χ1) is 14.5. The van der Waals surface area contributed by atoms with Crippen LogP contribution >= 0.6 is 15.5 Å². The number of aromatic nitrogens is 2. The molecule has 0 saturated carbocycles. The van der Waals surface area contributed by atoms with Crippen molar-refractivity contribution in [2.75, 3.05) is 5.32 Å². The van der Waals surface area contributed by atoms with Crippen molar-refractivity contribution in [3.8, 4) is 0 Å². The van der Waals surface area contributed by atoms with Crippen molar-refractivity contribution >= 4 is 33.0 Å². The Bertz CT molecular complexity index is 1030. The number of hydrogen-bond donors (Lipinski definition) is 6. The third-order valence-electron chi connectivity index (χ3n) is 4.62. The molecular weight excluding hydrogens is 476 g/mol. The molecule has 0 spiro atoms. The lowest BCUT2D eigenvalue weighted by molar-refractivity contribution is -0.197. The topological polar surface area (TPSA) is 227 Å². The van der Waals surface area contributed by atoms with Gasteiger partial charge in [-0.05, 0) is 19.9 Å². The van der Waals surface area contributed by atoms with Crippen LogP contribution in [-0.2, 0) is 28.4 Å². The summed E-state index contributed by atoms with van der Waals surface area (Å²) >= 11 is 0. The van der Waals surface area contributed by atoms with E-state index in [-0.39, 0.29) is 5.82 Å². The maximum atomic E-state index is 12.9. The normalized spacial score (nSPS) is 28.2. The van der Waals surface area contributed by atoms with Gasteiger partial charge in [0.25, 0.3) is 0 Å². The minimum Gasteiger partial charge on any atom is -0.341 e. The number of amides is 1. The van der Waals surface area contributed by atoms with Crippen molar-refractivity contribution < 1.29 is 52.8 Å². The molecule has 32 heavy (non-hydrogen) atoms. The van der Waals surface area contributed by atoms with Crippen molar-refractivity contribution in [2.24, 2.45) is 0 Å². The van der Waals surface area contributed by atoms with Gasteiger partial charge in [-0.25, -0.2) is 4.79 Å². The van der Waals surface area contributed by atoms with Gasteiger partial charge in [0.1, 0.15) is 18.0 Å². The number of anilines is 1. The van der Waals surface area contributed by atoms with E-state index in [1.54, 1.807) is 0 Å². The Morgan fingerprint density at radius 2 is 1.84 bits per heavy atom. The minimum atomic E-state index is -5.54. The fourth-order valence-electron chi connectivity index (χ4n) is 3.57. The molecule has 2 saturated heterocycles. The molecule has 178 valence electrons. The molecule has 0 aromatic carbocycles. The van der Waals surface area contributed by atoms with E-state index in [0.29, 0.717) is 0 Å². The van der Waals surface area contributed by atoms with Gasteiger partial charge in [0.2, 0.25) is 11.7 Å². The lowest BCUT2D eigenvalue weighted by Gasteiger charge is -2.26. The van der Waals surface area contributed by atoms with Crippen LogP contribution in [0.15, 0.2) is 17.1 Å². The molecule has 1 unspecified atom stereocenters. The Kier molecular flexibility index (Phi) is 6.48. The van der Waals surface area contributed by atoms with Crippen LogP contribution in [0, 0.1) is 0 Å². The Morgan fingerprint density at radius 1 is 1.25 bits per heavy atom. The van der Waals surface area contributed by atoms with Crippen LogP contribution in [-0.4, -0.2) is 75.2 Å². The Morgan fingerprint density at radius 3 is 2.34 bits per heavy atom. The highest BCUT2D eigenvalue weighted by Crippen LogP contribution is 2.66. The van der Waals surface area contributed by atoms with Gasteiger partial charge >= 0.3 is 26.6 Å². The molecule has 1 aromatic heterocycles. The van der Waals surface area contributed by atoms with Crippen LogP contribution in [0.5, 0.6) is 0 Å². The Balaban J connectivity index is 2.00. The number of rotatable bonds is 6. The summed E-state index contributed by atoms with van der Waals surface area (Å²) in [5.41, 5.74) is -0.915. The zero-order chi connectivity index (χ0) is 24.2. The number of carbonyl (C=O) groups is 2. The molecule has 1 aromatic rings. The van der Waals surface area contributed by atoms with Gasteiger partial charge < -0.3 is 29.3 Å². The largest absolute Gasteiger partial charge is 0.427 e. The summed E-state index contributed by atoms with van der Waals surface area (Å²) in [5.74, 6) is -3.36. The second kappa shape index (κ2) is 8.29. The van der Waals surface area contributed by atoms with Crippen LogP contribution in [0.2, 0.25) is 0 Å². The molecule has 0 radical (unpaired) electrons. The number of carbonyl (C=O) groups excluding carboxylic acids is 2. The second-order valence-corrected chi connectivity index (χ2v) is 11.5. The number of fused-ring (bicyclic) bond motifs is 1. The average Bonchev–Trinajstić information content (AvgIpc) is 3.05. The third-order valence-corrected chi connectivity index (χ3v) is 8.25. The summed E-state index contributed by atoms with van der Waals surface area (Å²) < 4.78 is 29.4. The van der Waals surface area contributed by atoms with Crippen LogP contribution in [0.25, 0.3) is 0 Å². The SMILES string of the molecule is CC(=O)Nc1ccn([C@@H]2O[C@H](C(=O)C(P(=O)(O)O)[P+](O)(O)O)[C@H]3OC(C)(C)O[C@H]32)c(=O)n1. The summed E-state index contributed by atoms with van der Waals surface area (Å²) in [6, 6.07) is 1.27. The highest BCUT2D eigenvalue weighted by Gasteiger charge is 2.66.